The molecular weight excluding hydrogens is 174 g/mol. The van der Waals surface area contributed by atoms with E-state index in [1.165, 1.54) is 24.2 Å². The maximum atomic E-state index is 5.41. The Hall–Kier alpha value is -0.680. The molecule has 0 amide bonds. The van der Waals surface area contributed by atoms with Crippen LogP contribution in [0.3, 0.4) is 0 Å². The average Bonchev–Trinajstić information content (AvgIpc) is 2.74. The van der Waals surface area contributed by atoms with Gasteiger partial charge in [-0.25, -0.2) is 0 Å². The molecule has 1 N–H and O–H groups in total. The number of hydrogen-bond acceptors (Lipinski definition) is 5. The van der Waals surface area contributed by atoms with E-state index in [0.717, 1.165) is 13.2 Å². The van der Waals surface area contributed by atoms with Gasteiger partial charge in [-0.2, -0.15) is 0 Å². The molecular formula is C7H11N3OS. The van der Waals surface area contributed by atoms with Crippen LogP contribution in [0.15, 0.2) is 5.51 Å². The van der Waals surface area contributed by atoms with E-state index in [-0.39, 0.29) is 0 Å². The van der Waals surface area contributed by atoms with Gasteiger partial charge in [0, 0.05) is 6.04 Å². The van der Waals surface area contributed by atoms with Crippen molar-refractivity contribution in [3.05, 3.63) is 5.51 Å². The van der Waals surface area contributed by atoms with Crippen molar-refractivity contribution in [3.63, 3.8) is 0 Å². The van der Waals surface area contributed by atoms with Crippen LogP contribution in [-0.4, -0.2) is 29.4 Å². The van der Waals surface area contributed by atoms with Gasteiger partial charge in [-0.1, -0.05) is 11.3 Å². The maximum Gasteiger partial charge on any atom is 0.293 e. The highest BCUT2D eigenvalue weighted by Gasteiger charge is 2.14. The van der Waals surface area contributed by atoms with E-state index in [4.69, 9.17) is 4.74 Å². The van der Waals surface area contributed by atoms with Gasteiger partial charge in [-0.05, 0) is 19.4 Å². The molecule has 12 heavy (non-hydrogen) atoms. The first kappa shape index (κ1) is 7.94. The first-order chi connectivity index (χ1) is 5.95. The fourth-order valence-corrected chi connectivity index (χ4v) is 1.71. The van der Waals surface area contributed by atoms with Crippen molar-refractivity contribution < 1.29 is 4.74 Å². The summed E-state index contributed by atoms with van der Waals surface area (Å²) in [5.74, 6) is 0. The predicted octanol–water partition coefficient (Wildman–Crippen LogP) is 0.669. The van der Waals surface area contributed by atoms with E-state index in [1.54, 1.807) is 5.51 Å². The number of ether oxygens (including phenoxy) is 1. The van der Waals surface area contributed by atoms with Crippen LogP contribution in [0.25, 0.3) is 0 Å². The summed E-state index contributed by atoms with van der Waals surface area (Å²) in [5, 5.41) is 11.5. The third-order valence-electron chi connectivity index (χ3n) is 1.91. The molecule has 2 rings (SSSR count). The molecule has 2 heterocycles. The summed E-state index contributed by atoms with van der Waals surface area (Å²) in [6.07, 6.45) is 2.46. The van der Waals surface area contributed by atoms with Crippen molar-refractivity contribution >= 4 is 11.3 Å². The van der Waals surface area contributed by atoms with E-state index in [0.29, 0.717) is 11.2 Å². The minimum absolute atomic E-state index is 0.508. The second kappa shape index (κ2) is 3.82. The van der Waals surface area contributed by atoms with Crippen LogP contribution in [0.4, 0.5) is 0 Å². The third kappa shape index (κ3) is 1.92. The van der Waals surface area contributed by atoms with Crippen molar-refractivity contribution in [2.45, 2.75) is 18.9 Å². The standard InChI is InChI=1S/C7H11N3OS/c1-2-6(8-3-1)4-11-7-10-9-5-12-7/h5-6,8H,1-4H2. The van der Waals surface area contributed by atoms with Crippen LogP contribution in [-0.2, 0) is 0 Å². The normalized spacial score (nSPS) is 22.8. The van der Waals surface area contributed by atoms with Gasteiger partial charge in [0.1, 0.15) is 12.1 Å². The molecule has 0 radical (unpaired) electrons. The first-order valence-electron chi connectivity index (χ1n) is 4.07. The van der Waals surface area contributed by atoms with Gasteiger partial charge in [0.15, 0.2) is 0 Å². The fourth-order valence-electron chi connectivity index (χ4n) is 1.30. The molecule has 0 saturated carbocycles. The second-order valence-electron chi connectivity index (χ2n) is 2.81. The lowest BCUT2D eigenvalue weighted by Crippen LogP contribution is -2.28. The third-order valence-corrected chi connectivity index (χ3v) is 2.51. The largest absolute Gasteiger partial charge is 0.467 e. The number of aromatic nitrogens is 2. The Morgan fingerprint density at radius 1 is 1.75 bits per heavy atom. The van der Waals surface area contributed by atoms with Crippen molar-refractivity contribution in [2.75, 3.05) is 13.2 Å². The molecule has 0 spiro atoms. The van der Waals surface area contributed by atoms with E-state index >= 15 is 0 Å². The fraction of sp³-hybridized carbons (Fsp3) is 0.714. The minimum Gasteiger partial charge on any atom is -0.467 e. The number of rotatable bonds is 3. The van der Waals surface area contributed by atoms with Crippen molar-refractivity contribution in [2.24, 2.45) is 0 Å². The van der Waals surface area contributed by atoms with E-state index in [1.807, 2.05) is 0 Å². The molecule has 5 heteroatoms. The summed E-state index contributed by atoms with van der Waals surface area (Å²) in [6, 6.07) is 0.508. The van der Waals surface area contributed by atoms with Crippen LogP contribution in [0.2, 0.25) is 0 Å². The van der Waals surface area contributed by atoms with Crippen LogP contribution >= 0.6 is 11.3 Å². The van der Waals surface area contributed by atoms with Gasteiger partial charge in [-0.3, -0.25) is 0 Å². The molecule has 1 aromatic heterocycles. The predicted molar refractivity (Wildman–Crippen MR) is 46.4 cm³/mol. The Balaban J connectivity index is 1.74. The molecule has 0 aromatic carbocycles. The molecule has 4 nitrogen and oxygen atoms in total. The molecule has 0 bridgehead atoms. The molecule has 1 aromatic rings. The van der Waals surface area contributed by atoms with Gasteiger partial charge in [0.2, 0.25) is 0 Å². The summed E-state index contributed by atoms with van der Waals surface area (Å²) >= 11 is 1.43. The highest BCUT2D eigenvalue weighted by Crippen LogP contribution is 2.13. The Bertz CT molecular complexity index is 221. The van der Waals surface area contributed by atoms with E-state index in [2.05, 4.69) is 15.5 Å². The lowest BCUT2D eigenvalue weighted by molar-refractivity contribution is 0.274. The Morgan fingerprint density at radius 3 is 3.42 bits per heavy atom. The highest BCUT2D eigenvalue weighted by molar-refractivity contribution is 7.11. The zero-order valence-electron chi connectivity index (χ0n) is 6.69. The minimum atomic E-state index is 0.508. The topological polar surface area (TPSA) is 47.0 Å². The van der Waals surface area contributed by atoms with Gasteiger partial charge in [0.05, 0.1) is 0 Å². The molecule has 1 aliphatic heterocycles. The lowest BCUT2D eigenvalue weighted by atomic mass is 10.2. The molecule has 0 aliphatic carbocycles. The zero-order valence-corrected chi connectivity index (χ0v) is 7.51. The smallest absolute Gasteiger partial charge is 0.293 e. The Kier molecular flexibility index (Phi) is 2.53. The van der Waals surface area contributed by atoms with E-state index < -0.39 is 0 Å². The zero-order chi connectivity index (χ0) is 8.23. The quantitative estimate of drug-likeness (QED) is 0.752. The summed E-state index contributed by atoms with van der Waals surface area (Å²) in [4.78, 5) is 0. The number of nitrogens with zero attached hydrogens (tertiary/aromatic N) is 2. The van der Waals surface area contributed by atoms with Crippen molar-refractivity contribution in [1.29, 1.82) is 0 Å². The molecule has 1 fully saturated rings. The van der Waals surface area contributed by atoms with Gasteiger partial charge in [0.25, 0.3) is 5.19 Å². The summed E-state index contributed by atoms with van der Waals surface area (Å²) in [5.41, 5.74) is 1.68. The summed E-state index contributed by atoms with van der Waals surface area (Å²) < 4.78 is 5.41. The highest BCUT2D eigenvalue weighted by atomic mass is 32.1. The summed E-state index contributed by atoms with van der Waals surface area (Å²) in [6.45, 7) is 1.83. The molecule has 1 atom stereocenters. The van der Waals surface area contributed by atoms with E-state index in [9.17, 15) is 0 Å². The molecule has 66 valence electrons. The first-order valence-corrected chi connectivity index (χ1v) is 4.95. The lowest BCUT2D eigenvalue weighted by Gasteiger charge is -2.08. The Morgan fingerprint density at radius 2 is 2.75 bits per heavy atom. The SMILES string of the molecule is c1nnc(OCC2CCCN2)s1. The van der Waals surface area contributed by atoms with Gasteiger partial charge >= 0.3 is 0 Å². The molecule has 1 saturated heterocycles. The van der Waals surface area contributed by atoms with Gasteiger partial charge < -0.3 is 10.1 Å². The van der Waals surface area contributed by atoms with Crippen LogP contribution < -0.4 is 10.1 Å². The second-order valence-corrected chi connectivity index (χ2v) is 3.60. The maximum absolute atomic E-state index is 5.41. The van der Waals surface area contributed by atoms with Crippen LogP contribution in [0.1, 0.15) is 12.8 Å². The Labute approximate surface area is 75.0 Å². The average molecular weight is 185 g/mol. The van der Waals surface area contributed by atoms with Crippen molar-refractivity contribution in [3.8, 4) is 5.19 Å². The molecule has 1 aliphatic rings. The summed E-state index contributed by atoms with van der Waals surface area (Å²) in [7, 11) is 0. The monoisotopic (exact) mass is 185 g/mol. The number of hydrogen-bond donors (Lipinski definition) is 1. The van der Waals surface area contributed by atoms with Crippen LogP contribution in [0.5, 0.6) is 5.19 Å². The van der Waals surface area contributed by atoms with Crippen molar-refractivity contribution in [1.82, 2.24) is 15.5 Å². The number of nitrogens with one attached hydrogen (secondary N) is 1. The van der Waals surface area contributed by atoms with Gasteiger partial charge in [-0.15, -0.1) is 10.2 Å². The molecule has 1 unspecified atom stereocenters. The van der Waals surface area contributed by atoms with Crippen LogP contribution in [0, 0.1) is 0 Å².